The summed E-state index contributed by atoms with van der Waals surface area (Å²) in [5.41, 5.74) is 6.73. The standard InChI is InChI=1S/C11H13N3O3S/c1-11(12)5-14(6-11)7-2-3-9-8(4-7)10(15)13-18(9,16)17/h2-4H,5-6,12H2,1H3,(H,13,15). The van der Waals surface area contributed by atoms with Crippen molar-refractivity contribution >= 4 is 21.6 Å². The fraction of sp³-hybridized carbons (Fsp3) is 0.364. The Kier molecular flexibility index (Phi) is 2.07. The van der Waals surface area contributed by atoms with E-state index in [-0.39, 0.29) is 16.0 Å². The predicted octanol–water partition coefficient (Wildman–Crippen LogP) is -0.344. The lowest BCUT2D eigenvalue weighted by atomic mass is 9.93. The quantitative estimate of drug-likeness (QED) is 0.726. The van der Waals surface area contributed by atoms with Crippen molar-refractivity contribution < 1.29 is 13.2 Å². The smallest absolute Gasteiger partial charge is 0.266 e. The highest BCUT2D eigenvalue weighted by Gasteiger charge is 2.37. The van der Waals surface area contributed by atoms with Gasteiger partial charge in [0.05, 0.1) is 5.56 Å². The number of anilines is 1. The molecule has 2 aliphatic rings. The van der Waals surface area contributed by atoms with Gasteiger partial charge in [0.25, 0.3) is 15.9 Å². The van der Waals surface area contributed by atoms with E-state index < -0.39 is 15.9 Å². The number of benzene rings is 1. The lowest BCUT2D eigenvalue weighted by Crippen LogP contribution is -2.65. The van der Waals surface area contributed by atoms with Gasteiger partial charge < -0.3 is 10.6 Å². The maximum atomic E-state index is 11.6. The highest BCUT2D eigenvalue weighted by atomic mass is 32.2. The van der Waals surface area contributed by atoms with E-state index in [9.17, 15) is 13.2 Å². The van der Waals surface area contributed by atoms with E-state index >= 15 is 0 Å². The zero-order valence-electron chi connectivity index (χ0n) is 9.80. The molecule has 0 aromatic heterocycles. The summed E-state index contributed by atoms with van der Waals surface area (Å²) in [6.07, 6.45) is 0. The van der Waals surface area contributed by atoms with Crippen LogP contribution in [0.3, 0.4) is 0 Å². The molecule has 96 valence electrons. The third-order valence-electron chi connectivity index (χ3n) is 3.19. The number of nitrogens with one attached hydrogen (secondary N) is 1. The molecule has 2 heterocycles. The summed E-state index contributed by atoms with van der Waals surface area (Å²) in [6.45, 7) is 3.34. The van der Waals surface area contributed by atoms with E-state index in [0.29, 0.717) is 13.1 Å². The van der Waals surface area contributed by atoms with Crippen LogP contribution in [0.15, 0.2) is 23.1 Å². The minimum absolute atomic E-state index is 0.0484. The molecule has 0 spiro atoms. The zero-order valence-corrected chi connectivity index (χ0v) is 10.6. The Hall–Kier alpha value is -1.60. The van der Waals surface area contributed by atoms with Crippen LogP contribution in [0.1, 0.15) is 17.3 Å². The fourth-order valence-electron chi connectivity index (χ4n) is 2.37. The van der Waals surface area contributed by atoms with E-state index in [0.717, 1.165) is 5.69 Å². The molecule has 2 aliphatic heterocycles. The number of rotatable bonds is 1. The normalized spacial score (nSPS) is 23.2. The molecule has 0 aliphatic carbocycles. The summed E-state index contributed by atoms with van der Waals surface area (Å²) in [5, 5.41) is 0. The highest BCUT2D eigenvalue weighted by Crippen LogP contribution is 2.31. The minimum Gasteiger partial charge on any atom is -0.368 e. The van der Waals surface area contributed by atoms with Crippen LogP contribution < -0.4 is 15.4 Å². The monoisotopic (exact) mass is 267 g/mol. The van der Waals surface area contributed by atoms with Gasteiger partial charge in [-0.3, -0.25) is 4.79 Å². The Balaban J connectivity index is 1.99. The van der Waals surface area contributed by atoms with Crippen LogP contribution in [0.2, 0.25) is 0 Å². The number of carbonyl (C=O) groups is 1. The summed E-state index contributed by atoms with van der Waals surface area (Å²) >= 11 is 0. The van der Waals surface area contributed by atoms with Crippen molar-refractivity contribution in [3.8, 4) is 0 Å². The Morgan fingerprint density at radius 1 is 1.39 bits per heavy atom. The summed E-state index contributed by atoms with van der Waals surface area (Å²) in [6, 6.07) is 4.76. The molecule has 1 saturated heterocycles. The Morgan fingerprint density at radius 2 is 2.06 bits per heavy atom. The Morgan fingerprint density at radius 3 is 2.67 bits per heavy atom. The Labute approximate surface area is 105 Å². The second-order valence-electron chi connectivity index (χ2n) is 5.13. The maximum Gasteiger partial charge on any atom is 0.266 e. The number of hydrogen-bond acceptors (Lipinski definition) is 5. The van der Waals surface area contributed by atoms with Crippen LogP contribution >= 0.6 is 0 Å². The molecule has 7 heteroatoms. The maximum absolute atomic E-state index is 11.6. The van der Waals surface area contributed by atoms with Crippen molar-refractivity contribution in [3.05, 3.63) is 23.8 Å². The van der Waals surface area contributed by atoms with Gasteiger partial charge in [-0.15, -0.1) is 0 Å². The molecule has 0 atom stereocenters. The van der Waals surface area contributed by atoms with Gasteiger partial charge in [-0.1, -0.05) is 0 Å². The lowest BCUT2D eigenvalue weighted by molar-refractivity contribution is 0.0985. The van der Waals surface area contributed by atoms with Gasteiger partial charge in [0, 0.05) is 24.3 Å². The molecule has 18 heavy (non-hydrogen) atoms. The number of sulfonamides is 1. The van der Waals surface area contributed by atoms with Crippen molar-refractivity contribution in [1.29, 1.82) is 0 Å². The first kappa shape index (κ1) is 11.5. The van der Waals surface area contributed by atoms with Crippen LogP contribution in [0.5, 0.6) is 0 Å². The van der Waals surface area contributed by atoms with Gasteiger partial charge in [-0.25, -0.2) is 13.1 Å². The number of hydrogen-bond donors (Lipinski definition) is 2. The molecule has 1 aromatic rings. The predicted molar refractivity (Wildman–Crippen MR) is 65.9 cm³/mol. The van der Waals surface area contributed by atoms with Crippen molar-refractivity contribution in [2.75, 3.05) is 18.0 Å². The largest absolute Gasteiger partial charge is 0.368 e. The number of fused-ring (bicyclic) bond motifs is 1. The van der Waals surface area contributed by atoms with E-state index in [1.54, 1.807) is 12.1 Å². The molecule has 1 amide bonds. The van der Waals surface area contributed by atoms with Crippen molar-refractivity contribution in [3.63, 3.8) is 0 Å². The van der Waals surface area contributed by atoms with E-state index in [1.807, 2.05) is 16.5 Å². The van der Waals surface area contributed by atoms with E-state index in [1.165, 1.54) is 6.07 Å². The Bertz CT molecular complexity index is 643. The van der Waals surface area contributed by atoms with Crippen LogP contribution in [0, 0.1) is 0 Å². The zero-order chi connectivity index (χ0) is 13.1. The third kappa shape index (κ3) is 1.58. The molecule has 1 fully saturated rings. The molecule has 6 nitrogen and oxygen atoms in total. The first-order valence-electron chi connectivity index (χ1n) is 5.54. The summed E-state index contributed by atoms with van der Waals surface area (Å²) in [7, 11) is -3.65. The number of carbonyl (C=O) groups excluding carboxylic acids is 1. The molecule has 3 rings (SSSR count). The second-order valence-corrected chi connectivity index (χ2v) is 6.78. The lowest BCUT2D eigenvalue weighted by Gasteiger charge is -2.47. The summed E-state index contributed by atoms with van der Waals surface area (Å²) < 4.78 is 25.1. The molecule has 1 aromatic carbocycles. The molecule has 0 unspecified atom stereocenters. The highest BCUT2D eigenvalue weighted by molar-refractivity contribution is 7.90. The van der Waals surface area contributed by atoms with Crippen LogP contribution in [-0.2, 0) is 10.0 Å². The fourth-order valence-corrected chi connectivity index (χ4v) is 3.52. The van der Waals surface area contributed by atoms with Crippen LogP contribution in [0.25, 0.3) is 0 Å². The SMILES string of the molecule is CC1(N)CN(c2ccc3c(c2)C(=O)NS3(=O)=O)C1. The third-order valence-corrected chi connectivity index (χ3v) is 4.58. The first-order valence-corrected chi connectivity index (χ1v) is 7.02. The molecular weight excluding hydrogens is 254 g/mol. The van der Waals surface area contributed by atoms with Crippen molar-refractivity contribution in [1.82, 2.24) is 4.72 Å². The van der Waals surface area contributed by atoms with Gasteiger partial charge in [0.15, 0.2) is 0 Å². The number of amides is 1. The van der Waals surface area contributed by atoms with E-state index in [4.69, 9.17) is 5.73 Å². The molecular formula is C11H13N3O3S. The van der Waals surface area contributed by atoms with Crippen molar-refractivity contribution in [2.45, 2.75) is 17.4 Å². The van der Waals surface area contributed by atoms with Crippen LogP contribution in [-0.4, -0.2) is 33.0 Å². The van der Waals surface area contributed by atoms with Crippen LogP contribution in [0.4, 0.5) is 5.69 Å². The van der Waals surface area contributed by atoms with Gasteiger partial charge in [0.2, 0.25) is 0 Å². The molecule has 0 bridgehead atoms. The van der Waals surface area contributed by atoms with E-state index in [2.05, 4.69) is 0 Å². The van der Waals surface area contributed by atoms with Gasteiger partial charge in [-0.05, 0) is 25.1 Å². The van der Waals surface area contributed by atoms with Gasteiger partial charge >= 0.3 is 0 Å². The first-order chi connectivity index (χ1) is 8.28. The second kappa shape index (κ2) is 3.24. The average Bonchev–Trinajstić information content (AvgIpc) is 2.46. The van der Waals surface area contributed by atoms with Crippen molar-refractivity contribution in [2.24, 2.45) is 5.73 Å². The summed E-state index contributed by atoms with van der Waals surface area (Å²) in [5.74, 6) is -0.567. The minimum atomic E-state index is -3.65. The number of nitrogens with two attached hydrogens (primary N) is 1. The summed E-state index contributed by atoms with van der Waals surface area (Å²) in [4.78, 5) is 13.6. The average molecular weight is 267 g/mol. The van der Waals surface area contributed by atoms with Gasteiger partial charge in [0.1, 0.15) is 4.90 Å². The molecule has 3 N–H and O–H groups in total. The van der Waals surface area contributed by atoms with Gasteiger partial charge in [-0.2, -0.15) is 0 Å². The topological polar surface area (TPSA) is 92.5 Å². The molecule has 0 radical (unpaired) electrons. The molecule has 0 saturated carbocycles. The number of nitrogens with zero attached hydrogens (tertiary/aromatic N) is 1.